The van der Waals surface area contributed by atoms with E-state index in [0.29, 0.717) is 5.69 Å². The molecular formula is C20H33N3O3. The molecule has 6 heteroatoms. The number of hydrogen-bond acceptors (Lipinski definition) is 4. The fourth-order valence-electron chi connectivity index (χ4n) is 4.46. The predicted molar refractivity (Wildman–Crippen MR) is 100 cm³/mol. The van der Waals surface area contributed by atoms with Crippen LogP contribution in [0.15, 0.2) is 0 Å². The van der Waals surface area contributed by atoms with Crippen molar-refractivity contribution in [1.29, 1.82) is 0 Å². The zero-order chi connectivity index (χ0) is 18.9. The number of carbonyl (C=O) groups is 1. The summed E-state index contributed by atoms with van der Waals surface area (Å²) in [6, 6.07) is 0.129. The SMILES string of the molecule is CCCCC1(O)CCC(NC(=O)c2c3c(nn2C)[C@H](C)O[C@H](C)C3)CC1. The number of hydrogen-bond donors (Lipinski definition) is 2. The number of unbranched alkanes of at least 4 members (excludes halogenated alkanes) is 1. The van der Waals surface area contributed by atoms with Crippen molar-refractivity contribution in [1.82, 2.24) is 15.1 Å². The molecule has 2 N–H and O–H groups in total. The first-order valence-electron chi connectivity index (χ1n) is 10.1. The number of fused-ring (bicyclic) bond motifs is 1. The number of aliphatic hydroxyl groups is 1. The van der Waals surface area contributed by atoms with E-state index in [2.05, 4.69) is 17.3 Å². The van der Waals surface area contributed by atoms with E-state index >= 15 is 0 Å². The topological polar surface area (TPSA) is 76.4 Å². The third kappa shape index (κ3) is 3.96. The molecule has 1 aliphatic heterocycles. The smallest absolute Gasteiger partial charge is 0.270 e. The number of nitrogens with one attached hydrogen (secondary N) is 1. The maximum absolute atomic E-state index is 12.9. The van der Waals surface area contributed by atoms with E-state index in [4.69, 9.17) is 4.74 Å². The van der Waals surface area contributed by atoms with Crippen LogP contribution in [0, 0.1) is 0 Å². The molecule has 0 radical (unpaired) electrons. The number of aryl methyl sites for hydroxylation is 1. The summed E-state index contributed by atoms with van der Waals surface area (Å²) in [5.41, 5.74) is 2.03. The van der Waals surface area contributed by atoms with Crippen LogP contribution in [0.1, 0.15) is 93.6 Å². The molecule has 2 atom stereocenters. The molecule has 0 spiro atoms. The fourth-order valence-corrected chi connectivity index (χ4v) is 4.46. The second-order valence-electron chi connectivity index (χ2n) is 8.20. The number of aromatic nitrogens is 2. The molecule has 1 aromatic rings. The normalized spacial score (nSPS) is 31.5. The summed E-state index contributed by atoms with van der Waals surface area (Å²) in [6.45, 7) is 6.17. The van der Waals surface area contributed by atoms with Crippen molar-refractivity contribution in [3.05, 3.63) is 17.0 Å². The number of rotatable bonds is 5. The molecule has 0 unspecified atom stereocenters. The molecular weight excluding hydrogens is 330 g/mol. The summed E-state index contributed by atoms with van der Waals surface area (Å²) >= 11 is 0. The van der Waals surface area contributed by atoms with Gasteiger partial charge in [0.05, 0.1) is 23.5 Å². The van der Waals surface area contributed by atoms with Crippen molar-refractivity contribution in [3.8, 4) is 0 Å². The Morgan fingerprint density at radius 2 is 2.08 bits per heavy atom. The van der Waals surface area contributed by atoms with Crippen LogP contribution in [0.3, 0.4) is 0 Å². The second-order valence-corrected chi connectivity index (χ2v) is 8.20. The van der Waals surface area contributed by atoms with E-state index in [-0.39, 0.29) is 24.2 Å². The van der Waals surface area contributed by atoms with Crippen LogP contribution in [0.25, 0.3) is 0 Å². The summed E-state index contributed by atoms with van der Waals surface area (Å²) < 4.78 is 7.52. The van der Waals surface area contributed by atoms with Crippen molar-refractivity contribution in [2.75, 3.05) is 0 Å². The van der Waals surface area contributed by atoms with Gasteiger partial charge in [-0.15, -0.1) is 0 Å². The highest BCUT2D eigenvalue weighted by Crippen LogP contribution is 2.34. The Morgan fingerprint density at radius 3 is 2.73 bits per heavy atom. The highest BCUT2D eigenvalue weighted by molar-refractivity contribution is 5.94. The minimum absolute atomic E-state index is 0.0495. The third-order valence-corrected chi connectivity index (χ3v) is 5.95. The first-order chi connectivity index (χ1) is 12.3. The molecule has 1 fully saturated rings. The predicted octanol–water partition coefficient (Wildman–Crippen LogP) is 3.04. The van der Waals surface area contributed by atoms with Gasteiger partial charge in [-0.3, -0.25) is 9.48 Å². The molecule has 2 heterocycles. The number of nitrogens with zero attached hydrogens (tertiary/aromatic N) is 2. The van der Waals surface area contributed by atoms with E-state index in [9.17, 15) is 9.90 Å². The monoisotopic (exact) mass is 363 g/mol. The Kier molecular flexibility index (Phi) is 5.72. The summed E-state index contributed by atoms with van der Waals surface area (Å²) in [5.74, 6) is -0.0495. The lowest BCUT2D eigenvalue weighted by molar-refractivity contribution is -0.0125. The van der Waals surface area contributed by atoms with Gasteiger partial charge in [-0.05, 0) is 46.0 Å². The highest BCUT2D eigenvalue weighted by atomic mass is 16.5. The van der Waals surface area contributed by atoms with Gasteiger partial charge in [-0.2, -0.15) is 5.10 Å². The molecule has 0 aromatic carbocycles. The Hall–Kier alpha value is -1.40. The van der Waals surface area contributed by atoms with Crippen LogP contribution in [-0.2, 0) is 18.2 Å². The van der Waals surface area contributed by atoms with Gasteiger partial charge in [0, 0.05) is 25.1 Å². The van der Waals surface area contributed by atoms with Gasteiger partial charge in [0.25, 0.3) is 5.91 Å². The first kappa shape index (κ1) is 19.4. The van der Waals surface area contributed by atoms with E-state index in [1.165, 1.54) is 0 Å². The van der Waals surface area contributed by atoms with Crippen LogP contribution >= 0.6 is 0 Å². The van der Waals surface area contributed by atoms with Gasteiger partial charge in [0.15, 0.2) is 0 Å². The Balaban J connectivity index is 1.65. The van der Waals surface area contributed by atoms with Crippen molar-refractivity contribution in [3.63, 3.8) is 0 Å². The van der Waals surface area contributed by atoms with Crippen LogP contribution < -0.4 is 5.32 Å². The fraction of sp³-hybridized carbons (Fsp3) is 0.800. The average molecular weight is 364 g/mol. The third-order valence-electron chi connectivity index (χ3n) is 5.95. The lowest BCUT2D eigenvalue weighted by Crippen LogP contribution is -2.44. The van der Waals surface area contributed by atoms with Crippen molar-refractivity contribution in [2.24, 2.45) is 7.05 Å². The molecule has 1 saturated carbocycles. The van der Waals surface area contributed by atoms with Gasteiger partial charge in [0.2, 0.25) is 0 Å². The standard InChI is InChI=1S/C20H33N3O3/c1-5-6-9-20(25)10-7-15(8-11-20)21-19(24)18-16-12-13(2)26-14(3)17(16)22-23(18)4/h13-15,25H,5-12H2,1-4H3,(H,21,24)/t13-,14+,15?,20?/m1/s1. The number of ether oxygens (including phenoxy) is 1. The van der Waals surface area contributed by atoms with Crippen molar-refractivity contribution >= 4 is 5.91 Å². The van der Waals surface area contributed by atoms with Gasteiger partial charge in [0.1, 0.15) is 5.69 Å². The Morgan fingerprint density at radius 1 is 1.38 bits per heavy atom. The second kappa shape index (κ2) is 7.69. The largest absolute Gasteiger partial charge is 0.390 e. The van der Waals surface area contributed by atoms with Gasteiger partial charge >= 0.3 is 0 Å². The van der Waals surface area contributed by atoms with E-state index < -0.39 is 5.60 Å². The van der Waals surface area contributed by atoms with E-state index in [0.717, 1.165) is 62.6 Å². The molecule has 0 saturated heterocycles. The molecule has 1 aromatic heterocycles. The molecule has 6 nitrogen and oxygen atoms in total. The van der Waals surface area contributed by atoms with Gasteiger partial charge in [-0.1, -0.05) is 19.8 Å². The minimum atomic E-state index is -0.537. The lowest BCUT2D eigenvalue weighted by Gasteiger charge is -2.36. The number of carbonyl (C=O) groups excluding carboxylic acids is 1. The summed E-state index contributed by atoms with van der Waals surface area (Å²) in [4.78, 5) is 12.9. The summed E-state index contributed by atoms with van der Waals surface area (Å²) in [6.07, 6.45) is 6.98. The Labute approximate surface area is 156 Å². The summed E-state index contributed by atoms with van der Waals surface area (Å²) in [7, 11) is 1.83. The quantitative estimate of drug-likeness (QED) is 0.843. The molecule has 3 rings (SSSR count). The maximum atomic E-state index is 12.9. The summed E-state index contributed by atoms with van der Waals surface area (Å²) in [5, 5.41) is 18.4. The zero-order valence-corrected chi connectivity index (χ0v) is 16.5. The zero-order valence-electron chi connectivity index (χ0n) is 16.5. The first-order valence-corrected chi connectivity index (χ1v) is 10.1. The van der Waals surface area contributed by atoms with Gasteiger partial charge < -0.3 is 15.2 Å². The van der Waals surface area contributed by atoms with E-state index in [1.807, 2.05) is 20.9 Å². The van der Waals surface area contributed by atoms with Crippen LogP contribution in [0.2, 0.25) is 0 Å². The molecule has 1 amide bonds. The molecule has 26 heavy (non-hydrogen) atoms. The van der Waals surface area contributed by atoms with Crippen LogP contribution in [0.5, 0.6) is 0 Å². The lowest BCUT2D eigenvalue weighted by atomic mass is 9.79. The molecule has 0 bridgehead atoms. The molecule has 1 aliphatic carbocycles. The van der Waals surface area contributed by atoms with Crippen molar-refractivity contribution in [2.45, 2.75) is 96.0 Å². The van der Waals surface area contributed by atoms with Crippen LogP contribution in [-0.4, -0.2) is 38.5 Å². The van der Waals surface area contributed by atoms with Gasteiger partial charge in [-0.25, -0.2) is 0 Å². The highest BCUT2D eigenvalue weighted by Gasteiger charge is 2.35. The molecule has 146 valence electrons. The average Bonchev–Trinajstić information content (AvgIpc) is 2.92. The van der Waals surface area contributed by atoms with Crippen molar-refractivity contribution < 1.29 is 14.6 Å². The number of amides is 1. The molecule has 2 aliphatic rings. The van der Waals surface area contributed by atoms with E-state index in [1.54, 1.807) is 4.68 Å². The van der Waals surface area contributed by atoms with Crippen LogP contribution in [0.4, 0.5) is 0 Å². The Bertz CT molecular complexity index is 647. The maximum Gasteiger partial charge on any atom is 0.270 e. The minimum Gasteiger partial charge on any atom is -0.390 e.